The van der Waals surface area contributed by atoms with E-state index in [0.717, 1.165) is 5.69 Å². The van der Waals surface area contributed by atoms with Crippen LogP contribution in [-0.4, -0.2) is 23.1 Å². The van der Waals surface area contributed by atoms with Crippen LogP contribution in [0.2, 0.25) is 0 Å². The Bertz CT molecular complexity index is 572. The predicted molar refractivity (Wildman–Crippen MR) is 70.3 cm³/mol. The molecule has 1 heterocycles. The zero-order chi connectivity index (χ0) is 13.4. The fourth-order valence-corrected chi connectivity index (χ4v) is 4.06. The second kappa shape index (κ2) is 4.37. The molecule has 0 saturated heterocycles. The van der Waals surface area contributed by atoms with Crippen molar-refractivity contribution >= 4 is 10.0 Å². The molecule has 2 unspecified atom stereocenters. The molecule has 0 aromatic carbocycles. The van der Waals surface area contributed by atoms with E-state index in [4.69, 9.17) is 5.14 Å². The van der Waals surface area contributed by atoms with Crippen molar-refractivity contribution in [3.63, 3.8) is 0 Å². The lowest BCUT2D eigenvalue weighted by molar-refractivity contribution is 0.426. The number of H-pyrrole nitrogens is 1. The third kappa shape index (κ3) is 1.81. The molecule has 2 atom stereocenters. The Morgan fingerprint density at radius 2 is 2.17 bits per heavy atom. The highest BCUT2D eigenvalue weighted by atomic mass is 32.2. The highest BCUT2D eigenvalue weighted by Gasteiger charge is 2.49. The summed E-state index contributed by atoms with van der Waals surface area (Å²) in [6.07, 6.45) is 10.3. The van der Waals surface area contributed by atoms with Crippen LogP contribution in [0.1, 0.15) is 25.5 Å². The first-order valence-electron chi connectivity index (χ1n) is 5.76. The lowest BCUT2D eigenvalue weighted by Crippen LogP contribution is -2.51. The van der Waals surface area contributed by atoms with Crippen LogP contribution < -0.4 is 5.14 Å². The van der Waals surface area contributed by atoms with Crippen molar-refractivity contribution in [3.05, 3.63) is 42.5 Å². The van der Waals surface area contributed by atoms with E-state index in [2.05, 4.69) is 9.97 Å². The van der Waals surface area contributed by atoms with Crippen molar-refractivity contribution in [2.75, 3.05) is 0 Å². The molecule has 0 bridgehead atoms. The molecular weight excluding hydrogens is 250 g/mol. The van der Waals surface area contributed by atoms with Crippen molar-refractivity contribution in [2.24, 2.45) is 11.1 Å². The van der Waals surface area contributed by atoms with Gasteiger partial charge in [-0.15, -0.1) is 0 Å². The molecule has 3 N–H and O–H groups in total. The number of imidazole rings is 1. The third-order valence-corrected chi connectivity index (χ3v) is 5.35. The van der Waals surface area contributed by atoms with Gasteiger partial charge in [0, 0.05) is 17.8 Å². The van der Waals surface area contributed by atoms with Crippen molar-refractivity contribution in [2.45, 2.75) is 24.5 Å². The summed E-state index contributed by atoms with van der Waals surface area (Å²) in [5.41, 5.74) is 0.748. The normalized spacial score (nSPS) is 27.9. The zero-order valence-electron chi connectivity index (χ0n) is 10.4. The first-order valence-corrected chi connectivity index (χ1v) is 7.31. The van der Waals surface area contributed by atoms with E-state index in [1.165, 1.54) is 6.33 Å². The van der Waals surface area contributed by atoms with E-state index in [1.54, 1.807) is 18.3 Å². The summed E-state index contributed by atoms with van der Waals surface area (Å²) in [5, 5.41) is 5.50. The topological polar surface area (TPSA) is 88.8 Å². The molecule has 5 nitrogen and oxygen atoms in total. The Balaban J connectivity index is 2.63. The molecule has 1 aliphatic carbocycles. The van der Waals surface area contributed by atoms with Gasteiger partial charge < -0.3 is 4.98 Å². The van der Waals surface area contributed by atoms with Gasteiger partial charge in [-0.2, -0.15) is 0 Å². The number of nitrogens with zero attached hydrogens (tertiary/aromatic N) is 1. The summed E-state index contributed by atoms with van der Waals surface area (Å²) >= 11 is 0. The van der Waals surface area contributed by atoms with Gasteiger partial charge in [-0.3, -0.25) is 0 Å². The molecule has 2 rings (SSSR count). The number of sulfonamides is 1. The number of nitrogens with one attached hydrogen (secondary N) is 1. The highest BCUT2D eigenvalue weighted by molar-refractivity contribution is 7.90. The monoisotopic (exact) mass is 267 g/mol. The largest absolute Gasteiger partial charge is 0.348 e. The van der Waals surface area contributed by atoms with Gasteiger partial charge in [-0.25, -0.2) is 18.5 Å². The number of nitrogens with two attached hydrogens (primary N) is 1. The molecule has 98 valence electrons. The van der Waals surface area contributed by atoms with Gasteiger partial charge in [0.05, 0.1) is 6.33 Å². The van der Waals surface area contributed by atoms with Crippen LogP contribution >= 0.6 is 0 Å². The molecular formula is C12H17N3O2S. The van der Waals surface area contributed by atoms with E-state index >= 15 is 0 Å². The Morgan fingerprint density at radius 1 is 1.44 bits per heavy atom. The molecule has 0 spiro atoms. The molecule has 0 amide bonds. The maximum atomic E-state index is 12.1. The minimum atomic E-state index is -3.75. The molecule has 1 aliphatic rings. The van der Waals surface area contributed by atoms with Gasteiger partial charge in [0.1, 0.15) is 4.75 Å². The van der Waals surface area contributed by atoms with Gasteiger partial charge in [-0.1, -0.05) is 38.2 Å². The molecule has 6 heteroatoms. The summed E-state index contributed by atoms with van der Waals surface area (Å²) in [5.74, 6) is -0.498. The van der Waals surface area contributed by atoms with E-state index in [0.29, 0.717) is 0 Å². The summed E-state index contributed by atoms with van der Waals surface area (Å²) < 4.78 is 23.1. The van der Waals surface area contributed by atoms with Crippen molar-refractivity contribution < 1.29 is 8.42 Å². The fourth-order valence-electron chi connectivity index (χ4n) is 2.57. The second-order valence-electron chi connectivity index (χ2n) is 4.78. The lowest BCUT2D eigenvalue weighted by atomic mass is 9.78. The van der Waals surface area contributed by atoms with Crippen LogP contribution in [0.5, 0.6) is 0 Å². The molecule has 1 aromatic heterocycles. The minimum Gasteiger partial charge on any atom is -0.348 e. The van der Waals surface area contributed by atoms with Gasteiger partial charge in [0.15, 0.2) is 0 Å². The summed E-state index contributed by atoms with van der Waals surface area (Å²) in [4.78, 5) is 6.93. The summed E-state index contributed by atoms with van der Waals surface area (Å²) in [6, 6.07) is 0. The molecule has 18 heavy (non-hydrogen) atoms. The van der Waals surface area contributed by atoms with E-state index in [9.17, 15) is 8.42 Å². The first-order chi connectivity index (χ1) is 8.39. The summed E-state index contributed by atoms with van der Waals surface area (Å²) in [6.45, 7) is 3.72. The van der Waals surface area contributed by atoms with Crippen LogP contribution in [0.4, 0.5) is 0 Å². The van der Waals surface area contributed by atoms with Crippen LogP contribution in [-0.2, 0) is 10.0 Å². The zero-order valence-corrected chi connectivity index (χ0v) is 11.2. The third-order valence-electron chi connectivity index (χ3n) is 3.51. The molecule has 0 saturated carbocycles. The van der Waals surface area contributed by atoms with Gasteiger partial charge in [0.2, 0.25) is 10.0 Å². The number of aromatic nitrogens is 2. The molecule has 0 aliphatic heterocycles. The van der Waals surface area contributed by atoms with Crippen LogP contribution in [0.25, 0.3) is 0 Å². The minimum absolute atomic E-state index is 0.151. The van der Waals surface area contributed by atoms with Crippen molar-refractivity contribution in [1.82, 2.24) is 9.97 Å². The van der Waals surface area contributed by atoms with Gasteiger partial charge in [0.25, 0.3) is 0 Å². The average Bonchev–Trinajstić information content (AvgIpc) is 2.80. The number of aromatic amines is 1. The number of hydrogen-bond acceptors (Lipinski definition) is 3. The molecule has 0 radical (unpaired) electrons. The molecule has 0 fully saturated rings. The van der Waals surface area contributed by atoms with E-state index < -0.39 is 14.8 Å². The van der Waals surface area contributed by atoms with E-state index in [-0.39, 0.29) is 11.8 Å². The van der Waals surface area contributed by atoms with Gasteiger partial charge in [-0.05, 0) is 5.92 Å². The SMILES string of the molecule is CC(C)C1(S(N)(=O)=O)C=CC=CC1c1cnc[nH]1. The average molecular weight is 267 g/mol. The fraction of sp³-hybridized carbons (Fsp3) is 0.417. The van der Waals surface area contributed by atoms with Crippen molar-refractivity contribution in [1.29, 1.82) is 0 Å². The quantitative estimate of drug-likeness (QED) is 0.865. The van der Waals surface area contributed by atoms with Crippen LogP contribution in [0, 0.1) is 5.92 Å². The lowest BCUT2D eigenvalue weighted by Gasteiger charge is -2.39. The predicted octanol–water partition coefficient (Wildman–Crippen LogP) is 1.30. The second-order valence-corrected chi connectivity index (χ2v) is 6.58. The standard InChI is InChI=1S/C12H17N3O2S/c1-9(2)12(18(13,16)17)6-4-3-5-10(12)11-7-14-8-15-11/h3-10H,1-2H3,(H,14,15)(H2,13,16,17). The smallest absolute Gasteiger partial charge is 0.219 e. The number of allylic oxidation sites excluding steroid dienone is 3. The molecule has 1 aromatic rings. The van der Waals surface area contributed by atoms with Gasteiger partial charge >= 0.3 is 0 Å². The Labute approximate surface area is 107 Å². The first kappa shape index (κ1) is 13.0. The maximum absolute atomic E-state index is 12.1. The van der Waals surface area contributed by atoms with Crippen LogP contribution in [0.3, 0.4) is 0 Å². The number of rotatable bonds is 3. The Morgan fingerprint density at radius 3 is 2.67 bits per heavy atom. The Hall–Kier alpha value is -1.40. The summed E-state index contributed by atoms with van der Waals surface area (Å²) in [7, 11) is -3.75. The van der Waals surface area contributed by atoms with E-state index in [1.807, 2.05) is 26.0 Å². The van der Waals surface area contributed by atoms with Crippen molar-refractivity contribution in [3.8, 4) is 0 Å². The Kier molecular flexibility index (Phi) is 3.16. The van der Waals surface area contributed by atoms with Crippen LogP contribution in [0.15, 0.2) is 36.8 Å². The maximum Gasteiger partial charge on any atom is 0.219 e. The number of primary sulfonamides is 1. The number of hydrogen-bond donors (Lipinski definition) is 2. The highest BCUT2D eigenvalue weighted by Crippen LogP contribution is 2.43.